The summed E-state index contributed by atoms with van der Waals surface area (Å²) in [7, 11) is 1.74. The first-order valence-electron chi connectivity index (χ1n) is 6.26. The molecule has 1 saturated carbocycles. The summed E-state index contributed by atoms with van der Waals surface area (Å²) in [6, 6.07) is 5.29. The molecule has 1 aliphatic rings. The molecule has 1 aromatic carbocycles. The molecule has 0 spiro atoms. The third-order valence-electron chi connectivity index (χ3n) is 3.68. The third kappa shape index (κ3) is 2.73. The summed E-state index contributed by atoms with van der Waals surface area (Å²) < 4.78 is 38.7. The Morgan fingerprint density at radius 1 is 1.40 bits per heavy atom. The van der Waals surface area contributed by atoms with E-state index < -0.39 is 11.6 Å². The van der Waals surface area contributed by atoms with Crippen LogP contribution in [0, 0.1) is 5.41 Å². The molecule has 0 atom stereocenters. The Kier molecular flexibility index (Phi) is 3.91. The standard InChI is InChI=1S/C14H16ClF3N2/c1-9(13(5-6-13)14(16,17)18)20-8-10-3-4-11(15)12(7-10)19-2/h3-4,7,19-20H,1,5-6,8H2,2H3. The number of rotatable bonds is 5. The second-order valence-corrected chi connectivity index (χ2v) is 5.38. The lowest BCUT2D eigenvalue weighted by molar-refractivity contribution is -0.176. The fourth-order valence-electron chi connectivity index (χ4n) is 2.13. The summed E-state index contributed by atoms with van der Waals surface area (Å²) in [5.74, 6) is 0. The quantitative estimate of drug-likeness (QED) is 0.846. The summed E-state index contributed by atoms with van der Waals surface area (Å²) in [4.78, 5) is 0. The molecule has 1 aliphatic carbocycles. The molecule has 0 aliphatic heterocycles. The number of benzene rings is 1. The van der Waals surface area contributed by atoms with Gasteiger partial charge in [0.15, 0.2) is 0 Å². The van der Waals surface area contributed by atoms with E-state index in [-0.39, 0.29) is 18.5 Å². The van der Waals surface area contributed by atoms with Gasteiger partial charge in [-0.3, -0.25) is 0 Å². The zero-order chi connectivity index (χ0) is 15.0. The molecule has 2 nitrogen and oxygen atoms in total. The van der Waals surface area contributed by atoms with Crippen molar-refractivity contribution in [2.24, 2.45) is 5.41 Å². The van der Waals surface area contributed by atoms with Crippen LogP contribution in [0.1, 0.15) is 18.4 Å². The van der Waals surface area contributed by atoms with Crippen LogP contribution in [0.15, 0.2) is 30.5 Å². The predicted octanol–water partition coefficient (Wildman–Crippen LogP) is 4.33. The molecule has 0 aromatic heterocycles. The summed E-state index contributed by atoms with van der Waals surface area (Å²) in [6.07, 6.45) is -4.00. The molecular formula is C14H16ClF3N2. The summed E-state index contributed by atoms with van der Waals surface area (Å²) >= 11 is 5.95. The van der Waals surface area contributed by atoms with Crippen molar-refractivity contribution >= 4 is 17.3 Å². The first-order valence-corrected chi connectivity index (χ1v) is 6.64. The Bertz CT molecular complexity index is 522. The topological polar surface area (TPSA) is 24.1 Å². The normalized spacial score (nSPS) is 16.6. The maximum Gasteiger partial charge on any atom is 0.399 e. The minimum atomic E-state index is -4.23. The Balaban J connectivity index is 2.01. The van der Waals surface area contributed by atoms with Crippen molar-refractivity contribution in [2.75, 3.05) is 12.4 Å². The molecule has 2 N–H and O–H groups in total. The van der Waals surface area contributed by atoms with Crippen LogP contribution < -0.4 is 10.6 Å². The molecule has 1 aromatic rings. The second kappa shape index (κ2) is 5.20. The van der Waals surface area contributed by atoms with Crippen molar-refractivity contribution in [1.29, 1.82) is 0 Å². The van der Waals surface area contributed by atoms with Crippen molar-refractivity contribution in [3.63, 3.8) is 0 Å². The average Bonchev–Trinajstić information content (AvgIpc) is 3.18. The van der Waals surface area contributed by atoms with Crippen molar-refractivity contribution in [1.82, 2.24) is 5.32 Å². The number of allylic oxidation sites excluding steroid dienone is 1. The van der Waals surface area contributed by atoms with Crippen molar-refractivity contribution < 1.29 is 13.2 Å². The fourth-order valence-corrected chi connectivity index (χ4v) is 2.35. The smallest absolute Gasteiger partial charge is 0.387 e. The Morgan fingerprint density at radius 3 is 2.55 bits per heavy atom. The summed E-state index contributed by atoms with van der Waals surface area (Å²) in [6.45, 7) is 3.85. The van der Waals surface area contributed by atoms with E-state index in [0.717, 1.165) is 11.3 Å². The first-order chi connectivity index (χ1) is 9.30. The van der Waals surface area contributed by atoms with Gasteiger partial charge in [0.1, 0.15) is 5.41 Å². The molecule has 0 radical (unpaired) electrons. The number of alkyl halides is 3. The van der Waals surface area contributed by atoms with Crippen LogP contribution in [-0.4, -0.2) is 13.2 Å². The van der Waals surface area contributed by atoms with E-state index in [4.69, 9.17) is 11.6 Å². The SMILES string of the molecule is C=C(NCc1ccc(Cl)c(NC)c1)C1(C(F)(F)F)CC1. The molecule has 20 heavy (non-hydrogen) atoms. The van der Waals surface area contributed by atoms with E-state index in [2.05, 4.69) is 17.2 Å². The molecule has 2 rings (SSSR count). The average molecular weight is 305 g/mol. The van der Waals surface area contributed by atoms with Crippen LogP contribution in [0.25, 0.3) is 0 Å². The zero-order valence-electron chi connectivity index (χ0n) is 11.1. The van der Waals surface area contributed by atoms with Gasteiger partial charge < -0.3 is 10.6 Å². The Hall–Kier alpha value is -1.36. The fraction of sp³-hybridized carbons (Fsp3) is 0.429. The van der Waals surface area contributed by atoms with Gasteiger partial charge in [-0.2, -0.15) is 13.2 Å². The van der Waals surface area contributed by atoms with Gasteiger partial charge in [-0.05, 0) is 30.5 Å². The van der Waals surface area contributed by atoms with Gasteiger partial charge in [-0.15, -0.1) is 0 Å². The minimum absolute atomic E-state index is 0.0472. The monoisotopic (exact) mass is 304 g/mol. The van der Waals surface area contributed by atoms with Crippen molar-refractivity contribution in [3.8, 4) is 0 Å². The molecule has 0 heterocycles. The van der Waals surface area contributed by atoms with Crippen LogP contribution in [-0.2, 0) is 6.54 Å². The highest BCUT2D eigenvalue weighted by atomic mass is 35.5. The third-order valence-corrected chi connectivity index (χ3v) is 4.01. The summed E-state index contributed by atoms with van der Waals surface area (Å²) in [5, 5.41) is 6.29. The maximum atomic E-state index is 12.9. The highest BCUT2D eigenvalue weighted by Crippen LogP contribution is 2.61. The Morgan fingerprint density at radius 2 is 2.05 bits per heavy atom. The number of halogens is 4. The number of hydrogen-bond donors (Lipinski definition) is 2. The van der Waals surface area contributed by atoms with Crippen LogP contribution >= 0.6 is 11.6 Å². The van der Waals surface area contributed by atoms with E-state index in [1.807, 2.05) is 0 Å². The van der Waals surface area contributed by atoms with Crippen LogP contribution in [0.4, 0.5) is 18.9 Å². The molecule has 0 amide bonds. The van der Waals surface area contributed by atoms with Gasteiger partial charge in [0, 0.05) is 19.3 Å². The van der Waals surface area contributed by atoms with E-state index in [0.29, 0.717) is 11.6 Å². The highest BCUT2D eigenvalue weighted by Gasteiger charge is 2.65. The lowest BCUT2D eigenvalue weighted by atomic mass is 10.0. The number of anilines is 1. The van der Waals surface area contributed by atoms with Gasteiger partial charge in [0.05, 0.1) is 10.7 Å². The van der Waals surface area contributed by atoms with Crippen molar-refractivity contribution in [2.45, 2.75) is 25.6 Å². The van der Waals surface area contributed by atoms with Gasteiger partial charge in [0.2, 0.25) is 0 Å². The lowest BCUT2D eigenvalue weighted by Crippen LogP contribution is -2.32. The second-order valence-electron chi connectivity index (χ2n) is 4.98. The lowest BCUT2D eigenvalue weighted by Gasteiger charge is -2.23. The van der Waals surface area contributed by atoms with Crippen molar-refractivity contribution in [3.05, 3.63) is 41.1 Å². The predicted molar refractivity (Wildman–Crippen MR) is 74.7 cm³/mol. The van der Waals surface area contributed by atoms with E-state index in [1.165, 1.54) is 0 Å². The molecule has 110 valence electrons. The zero-order valence-corrected chi connectivity index (χ0v) is 11.8. The first kappa shape index (κ1) is 15.0. The van der Waals surface area contributed by atoms with E-state index >= 15 is 0 Å². The van der Waals surface area contributed by atoms with Crippen LogP contribution in [0.3, 0.4) is 0 Å². The molecule has 0 unspecified atom stereocenters. The highest BCUT2D eigenvalue weighted by molar-refractivity contribution is 6.33. The Labute approximate surface area is 121 Å². The maximum absolute atomic E-state index is 12.9. The van der Waals surface area contributed by atoms with Gasteiger partial charge in [-0.25, -0.2) is 0 Å². The van der Waals surface area contributed by atoms with Crippen LogP contribution in [0.5, 0.6) is 0 Å². The number of nitrogens with one attached hydrogen (secondary N) is 2. The van der Waals surface area contributed by atoms with Gasteiger partial charge in [0.25, 0.3) is 0 Å². The molecule has 0 bridgehead atoms. The minimum Gasteiger partial charge on any atom is -0.387 e. The number of hydrogen-bond acceptors (Lipinski definition) is 2. The summed E-state index contributed by atoms with van der Waals surface area (Å²) in [5.41, 5.74) is -0.0944. The molecule has 0 saturated heterocycles. The van der Waals surface area contributed by atoms with Gasteiger partial charge >= 0.3 is 6.18 Å². The molecule has 1 fully saturated rings. The largest absolute Gasteiger partial charge is 0.399 e. The molecular weight excluding hydrogens is 289 g/mol. The van der Waals surface area contributed by atoms with E-state index in [1.54, 1.807) is 25.2 Å². The van der Waals surface area contributed by atoms with E-state index in [9.17, 15) is 13.2 Å². The van der Waals surface area contributed by atoms with Crippen LogP contribution in [0.2, 0.25) is 5.02 Å². The molecule has 6 heteroatoms. The van der Waals surface area contributed by atoms with Gasteiger partial charge in [-0.1, -0.05) is 24.2 Å².